The molecule has 1 atom stereocenters. The fourth-order valence-electron chi connectivity index (χ4n) is 3.39. The van der Waals surface area contributed by atoms with Crippen molar-refractivity contribution >= 4 is 17.7 Å². The topological polar surface area (TPSA) is 50.8 Å². The van der Waals surface area contributed by atoms with E-state index < -0.39 is 24.8 Å². The van der Waals surface area contributed by atoms with E-state index in [0.717, 1.165) is 4.90 Å². The van der Waals surface area contributed by atoms with Gasteiger partial charge in [-0.2, -0.15) is 13.2 Å². The number of hydrogen-bond donors (Lipinski definition) is 1. The smallest absolute Gasteiger partial charge is 0.406 e. The van der Waals surface area contributed by atoms with E-state index in [4.69, 9.17) is 9.47 Å². The molecule has 1 N–H and O–H groups in total. The van der Waals surface area contributed by atoms with Crippen molar-refractivity contribution in [2.24, 2.45) is 0 Å². The van der Waals surface area contributed by atoms with Gasteiger partial charge in [0.1, 0.15) is 30.8 Å². The predicted octanol–water partition coefficient (Wildman–Crippen LogP) is 3.93. The van der Waals surface area contributed by atoms with Gasteiger partial charge in [0.25, 0.3) is 5.91 Å². The normalized spacial score (nSPS) is 18.4. The highest BCUT2D eigenvalue weighted by atomic mass is 19.4. The van der Waals surface area contributed by atoms with Crippen LogP contribution in [0.15, 0.2) is 48.0 Å². The van der Waals surface area contributed by atoms with Gasteiger partial charge in [-0.1, -0.05) is 12.1 Å². The molecule has 0 radical (unpaired) electrons. The number of nitrogens with zero attached hydrogens (tertiary/aromatic N) is 1. The molecule has 2 aliphatic heterocycles. The molecule has 0 saturated heterocycles. The third kappa shape index (κ3) is 3.37. The van der Waals surface area contributed by atoms with Crippen molar-refractivity contribution in [1.82, 2.24) is 4.90 Å². The second kappa shape index (κ2) is 6.78. The summed E-state index contributed by atoms with van der Waals surface area (Å²) in [6.07, 6.45) is -3.73. The molecular formula is C20H17F3N2O3. The monoisotopic (exact) mass is 390 g/mol. The van der Waals surface area contributed by atoms with Crippen molar-refractivity contribution < 1.29 is 27.4 Å². The molecule has 1 amide bonds. The molecule has 8 heteroatoms. The average Bonchev–Trinajstić information content (AvgIpc) is 2.68. The lowest BCUT2D eigenvalue weighted by Crippen LogP contribution is -2.53. The summed E-state index contributed by atoms with van der Waals surface area (Å²) in [6.45, 7) is -1.30. The second-order valence-electron chi connectivity index (χ2n) is 6.55. The minimum atomic E-state index is -4.52. The van der Waals surface area contributed by atoms with Crippen LogP contribution in [0.2, 0.25) is 0 Å². The van der Waals surface area contributed by atoms with Gasteiger partial charge in [-0.25, -0.2) is 0 Å². The summed E-state index contributed by atoms with van der Waals surface area (Å²) >= 11 is 0. The maximum atomic E-state index is 13.2. The molecule has 2 aromatic rings. The van der Waals surface area contributed by atoms with Crippen LogP contribution in [0, 0.1) is 0 Å². The van der Waals surface area contributed by atoms with E-state index in [2.05, 4.69) is 5.32 Å². The molecule has 0 saturated carbocycles. The Hall–Kier alpha value is -3.16. The van der Waals surface area contributed by atoms with Gasteiger partial charge in [-0.15, -0.1) is 0 Å². The lowest BCUT2D eigenvalue weighted by Gasteiger charge is -2.40. The lowest BCUT2D eigenvalue weighted by atomic mass is 10.00. The molecule has 1 unspecified atom stereocenters. The van der Waals surface area contributed by atoms with Crippen molar-refractivity contribution in [1.29, 1.82) is 0 Å². The predicted molar refractivity (Wildman–Crippen MR) is 97.4 cm³/mol. The number of fused-ring (bicyclic) bond motifs is 2. The van der Waals surface area contributed by atoms with Crippen LogP contribution >= 0.6 is 0 Å². The Morgan fingerprint density at radius 3 is 2.79 bits per heavy atom. The number of amides is 1. The second-order valence-corrected chi connectivity index (χ2v) is 6.55. The number of rotatable bonds is 3. The zero-order valence-electron chi connectivity index (χ0n) is 14.9. The van der Waals surface area contributed by atoms with Gasteiger partial charge in [0, 0.05) is 22.9 Å². The summed E-state index contributed by atoms with van der Waals surface area (Å²) in [5.41, 5.74) is 1.95. The molecule has 0 aliphatic carbocycles. The zero-order valence-corrected chi connectivity index (χ0v) is 14.9. The number of carbonyl (C=O) groups excluding carboxylic acids is 1. The summed E-state index contributed by atoms with van der Waals surface area (Å²) < 4.78 is 50.4. The number of carbonyl (C=O) groups is 1. The van der Waals surface area contributed by atoms with Crippen molar-refractivity contribution in [3.8, 4) is 11.5 Å². The Kier molecular flexibility index (Phi) is 4.41. The molecular weight excluding hydrogens is 373 g/mol. The SMILES string of the molecule is COc1ccc2c(c1)OCC(C1Nc3ccccc3C(=O)N1CC(F)(F)F)=C2. The van der Waals surface area contributed by atoms with Crippen LogP contribution in [-0.2, 0) is 0 Å². The van der Waals surface area contributed by atoms with Crippen LogP contribution in [0.4, 0.5) is 18.9 Å². The number of alkyl halides is 3. The molecule has 0 bridgehead atoms. The number of methoxy groups -OCH3 is 1. The van der Waals surface area contributed by atoms with Gasteiger partial charge in [0.15, 0.2) is 0 Å². The quantitative estimate of drug-likeness (QED) is 0.863. The number of hydrogen-bond acceptors (Lipinski definition) is 4. The fraction of sp³-hybridized carbons (Fsp3) is 0.250. The highest BCUT2D eigenvalue weighted by molar-refractivity contribution is 6.02. The third-order valence-electron chi connectivity index (χ3n) is 4.68. The Morgan fingerprint density at radius 1 is 1.25 bits per heavy atom. The molecule has 0 spiro atoms. The van der Waals surface area contributed by atoms with Crippen molar-refractivity contribution in [2.75, 3.05) is 25.6 Å². The van der Waals surface area contributed by atoms with Crippen LogP contribution < -0.4 is 14.8 Å². The van der Waals surface area contributed by atoms with Gasteiger partial charge in [0.2, 0.25) is 0 Å². The third-order valence-corrected chi connectivity index (χ3v) is 4.68. The van der Waals surface area contributed by atoms with Crippen molar-refractivity contribution in [3.63, 3.8) is 0 Å². The molecule has 0 fully saturated rings. The van der Waals surface area contributed by atoms with Crippen LogP contribution in [0.1, 0.15) is 15.9 Å². The number of nitrogens with one attached hydrogen (secondary N) is 1. The Bertz CT molecular complexity index is 956. The summed E-state index contributed by atoms with van der Waals surface area (Å²) in [7, 11) is 1.54. The minimum absolute atomic E-state index is 0.0572. The van der Waals surface area contributed by atoms with Gasteiger partial charge < -0.3 is 19.7 Å². The minimum Gasteiger partial charge on any atom is -0.497 e. The summed E-state index contributed by atoms with van der Waals surface area (Å²) in [5, 5.41) is 3.06. The van der Waals surface area contributed by atoms with E-state index in [1.165, 1.54) is 13.2 Å². The van der Waals surface area contributed by atoms with E-state index in [0.29, 0.717) is 28.3 Å². The van der Waals surface area contributed by atoms with E-state index in [1.54, 1.807) is 42.5 Å². The zero-order chi connectivity index (χ0) is 19.9. The van der Waals surface area contributed by atoms with Crippen LogP contribution in [0.5, 0.6) is 11.5 Å². The number of ether oxygens (including phenoxy) is 2. The fourth-order valence-corrected chi connectivity index (χ4v) is 3.39. The van der Waals surface area contributed by atoms with Crippen LogP contribution in [-0.4, -0.2) is 43.4 Å². The van der Waals surface area contributed by atoms with E-state index >= 15 is 0 Å². The van der Waals surface area contributed by atoms with Gasteiger partial charge in [-0.3, -0.25) is 4.79 Å². The molecule has 0 aromatic heterocycles. The van der Waals surface area contributed by atoms with E-state index in [-0.39, 0.29) is 12.2 Å². The number of anilines is 1. The van der Waals surface area contributed by atoms with Crippen molar-refractivity contribution in [3.05, 3.63) is 59.2 Å². The molecule has 146 valence electrons. The largest absolute Gasteiger partial charge is 0.497 e. The Morgan fingerprint density at radius 2 is 2.04 bits per heavy atom. The van der Waals surface area contributed by atoms with E-state index in [1.807, 2.05) is 0 Å². The Balaban J connectivity index is 1.73. The number of halogens is 3. The highest BCUT2D eigenvalue weighted by Gasteiger charge is 2.41. The standard InChI is InChI=1S/C20H17F3N2O3/c1-27-14-7-6-12-8-13(10-28-17(12)9-14)18-24-16-5-3-2-4-15(16)19(26)25(18)11-20(21,22)23/h2-9,18,24H,10-11H2,1H3. The van der Waals surface area contributed by atoms with Gasteiger partial charge in [-0.05, 0) is 30.3 Å². The molecule has 2 aliphatic rings. The first kappa shape index (κ1) is 18.2. The maximum absolute atomic E-state index is 13.2. The lowest BCUT2D eigenvalue weighted by molar-refractivity contribution is -0.143. The number of benzene rings is 2. The first-order valence-electron chi connectivity index (χ1n) is 8.60. The Labute approximate surface area is 159 Å². The molecule has 5 nitrogen and oxygen atoms in total. The molecule has 4 rings (SSSR count). The van der Waals surface area contributed by atoms with Crippen LogP contribution in [0.25, 0.3) is 6.08 Å². The summed E-state index contributed by atoms with van der Waals surface area (Å²) in [6, 6.07) is 11.8. The molecule has 2 heterocycles. The molecule has 2 aromatic carbocycles. The molecule has 28 heavy (non-hydrogen) atoms. The summed E-state index contributed by atoms with van der Waals surface area (Å²) in [5.74, 6) is 0.528. The first-order valence-corrected chi connectivity index (χ1v) is 8.60. The van der Waals surface area contributed by atoms with Gasteiger partial charge in [0.05, 0.1) is 12.7 Å². The number of para-hydroxylation sites is 1. The van der Waals surface area contributed by atoms with Crippen molar-refractivity contribution in [2.45, 2.75) is 12.3 Å². The highest BCUT2D eigenvalue weighted by Crippen LogP contribution is 2.35. The summed E-state index contributed by atoms with van der Waals surface area (Å²) in [4.78, 5) is 13.6. The van der Waals surface area contributed by atoms with Crippen LogP contribution in [0.3, 0.4) is 0 Å². The first-order chi connectivity index (χ1) is 13.4. The van der Waals surface area contributed by atoms with E-state index in [9.17, 15) is 18.0 Å². The maximum Gasteiger partial charge on any atom is 0.406 e. The van der Waals surface area contributed by atoms with Gasteiger partial charge >= 0.3 is 6.18 Å². The average molecular weight is 390 g/mol.